The summed E-state index contributed by atoms with van der Waals surface area (Å²) in [7, 11) is 0. The van der Waals surface area contributed by atoms with Crippen molar-refractivity contribution < 1.29 is 28.8 Å². The number of hydrogen-bond donors (Lipinski definition) is 6. The van der Waals surface area contributed by atoms with Crippen LogP contribution in [0.5, 0.6) is 0 Å². The van der Waals surface area contributed by atoms with Crippen molar-refractivity contribution in [2.45, 2.75) is 83.6 Å². The van der Waals surface area contributed by atoms with Crippen molar-refractivity contribution in [2.24, 2.45) is 17.6 Å². The van der Waals surface area contributed by atoms with Gasteiger partial charge in [-0.2, -0.15) is 0 Å². The monoisotopic (exact) mass is 775 g/mol. The standard InChI is InChI=1S/C44H53N7O6/c1-28(2)23-34(39(45)52)47-44(57)38(29(3)4)51-43(56)36(25-31-17-10-6-11-18-31)50-41(54)35(24-30-15-8-5-9-16-30)49-42(55)37(26-32-19-14-22-46-27-32)48-40(53)33-20-12-7-13-21-33/h5-22,27-29,34-38H,23-26H2,1-4H3,(H2,45,52)(H,47,57)(H,48,53)(H,49,55)(H,50,54)(H,51,56)/t34-,35-,36-,37-,38-/m1/s1. The van der Waals surface area contributed by atoms with Crippen molar-refractivity contribution in [3.8, 4) is 0 Å². The number of nitrogens with one attached hydrogen (secondary N) is 5. The van der Waals surface area contributed by atoms with Gasteiger partial charge in [-0.25, -0.2) is 0 Å². The second-order valence-electron chi connectivity index (χ2n) is 14.8. The third-order valence-electron chi connectivity index (χ3n) is 9.27. The molecule has 0 fully saturated rings. The summed E-state index contributed by atoms with van der Waals surface area (Å²) in [4.78, 5) is 85.7. The lowest BCUT2D eigenvalue weighted by molar-refractivity contribution is -0.135. The number of benzene rings is 3. The molecule has 300 valence electrons. The molecule has 6 amide bonds. The molecule has 1 heterocycles. The number of pyridine rings is 1. The fourth-order valence-electron chi connectivity index (χ4n) is 6.23. The van der Waals surface area contributed by atoms with Crippen LogP contribution in [0.15, 0.2) is 116 Å². The topological polar surface area (TPSA) is 201 Å². The van der Waals surface area contributed by atoms with Crippen LogP contribution in [0.2, 0.25) is 0 Å². The van der Waals surface area contributed by atoms with Crippen molar-refractivity contribution in [3.63, 3.8) is 0 Å². The molecule has 0 saturated carbocycles. The Morgan fingerprint density at radius 3 is 1.42 bits per heavy atom. The minimum atomic E-state index is -1.19. The van der Waals surface area contributed by atoms with E-state index in [1.807, 2.05) is 62.4 Å². The van der Waals surface area contributed by atoms with Crippen LogP contribution in [0, 0.1) is 11.8 Å². The minimum absolute atomic E-state index is 0.0604. The van der Waals surface area contributed by atoms with Gasteiger partial charge in [-0.05, 0) is 53.1 Å². The van der Waals surface area contributed by atoms with Crippen LogP contribution >= 0.6 is 0 Å². The van der Waals surface area contributed by atoms with E-state index in [-0.39, 0.29) is 25.2 Å². The molecule has 0 bridgehead atoms. The number of nitrogens with two attached hydrogens (primary N) is 1. The molecule has 4 aromatic rings. The molecule has 5 atom stereocenters. The molecule has 0 spiro atoms. The average Bonchev–Trinajstić information content (AvgIpc) is 3.19. The lowest BCUT2D eigenvalue weighted by atomic mass is 9.98. The first-order valence-corrected chi connectivity index (χ1v) is 19.1. The Morgan fingerprint density at radius 2 is 0.965 bits per heavy atom. The Morgan fingerprint density at radius 1 is 0.526 bits per heavy atom. The zero-order chi connectivity index (χ0) is 41.3. The maximum absolute atomic E-state index is 14.4. The molecule has 13 nitrogen and oxygen atoms in total. The molecule has 0 radical (unpaired) electrons. The number of primary amides is 1. The van der Waals surface area contributed by atoms with Gasteiger partial charge in [0.25, 0.3) is 5.91 Å². The molecule has 57 heavy (non-hydrogen) atoms. The summed E-state index contributed by atoms with van der Waals surface area (Å²) >= 11 is 0. The fraction of sp³-hybridized carbons (Fsp3) is 0.341. The number of nitrogens with zero attached hydrogens (tertiary/aromatic N) is 1. The fourth-order valence-corrected chi connectivity index (χ4v) is 6.23. The van der Waals surface area contributed by atoms with Gasteiger partial charge < -0.3 is 32.3 Å². The van der Waals surface area contributed by atoms with Crippen molar-refractivity contribution >= 4 is 35.4 Å². The summed E-state index contributed by atoms with van der Waals surface area (Å²) in [6.45, 7) is 7.30. The van der Waals surface area contributed by atoms with Crippen LogP contribution in [0.3, 0.4) is 0 Å². The largest absolute Gasteiger partial charge is 0.368 e. The first-order chi connectivity index (χ1) is 27.3. The van der Waals surface area contributed by atoms with Gasteiger partial charge in [0.2, 0.25) is 29.5 Å². The van der Waals surface area contributed by atoms with Crippen LogP contribution in [-0.2, 0) is 43.2 Å². The van der Waals surface area contributed by atoms with Crippen LogP contribution in [0.4, 0.5) is 0 Å². The minimum Gasteiger partial charge on any atom is -0.368 e. The van der Waals surface area contributed by atoms with Gasteiger partial charge in [0.15, 0.2) is 0 Å². The zero-order valence-electron chi connectivity index (χ0n) is 32.8. The van der Waals surface area contributed by atoms with Crippen molar-refractivity contribution in [3.05, 3.63) is 138 Å². The van der Waals surface area contributed by atoms with E-state index in [9.17, 15) is 28.8 Å². The van der Waals surface area contributed by atoms with Gasteiger partial charge >= 0.3 is 0 Å². The van der Waals surface area contributed by atoms with Gasteiger partial charge in [0, 0.05) is 37.2 Å². The highest BCUT2D eigenvalue weighted by Gasteiger charge is 2.34. The van der Waals surface area contributed by atoms with E-state index in [1.165, 1.54) is 0 Å². The Bertz CT molecular complexity index is 1930. The first kappa shape index (κ1) is 43.4. The highest BCUT2D eigenvalue weighted by molar-refractivity contribution is 5.99. The molecule has 4 rings (SSSR count). The van der Waals surface area contributed by atoms with Crippen molar-refractivity contribution in [1.82, 2.24) is 31.6 Å². The van der Waals surface area contributed by atoms with E-state index in [0.29, 0.717) is 17.5 Å². The Kier molecular flexibility index (Phi) is 16.5. The summed E-state index contributed by atoms with van der Waals surface area (Å²) in [5, 5.41) is 14.0. The van der Waals surface area contributed by atoms with Gasteiger partial charge in [-0.1, -0.05) is 113 Å². The third kappa shape index (κ3) is 14.0. The van der Waals surface area contributed by atoms with E-state index in [2.05, 4.69) is 31.6 Å². The summed E-state index contributed by atoms with van der Waals surface area (Å²) in [5.41, 5.74) is 8.09. The van der Waals surface area contributed by atoms with E-state index in [4.69, 9.17) is 5.73 Å². The lowest BCUT2D eigenvalue weighted by Crippen LogP contribution is -2.60. The number of hydrogen-bond acceptors (Lipinski definition) is 7. The number of rotatable bonds is 20. The summed E-state index contributed by atoms with van der Waals surface area (Å²) < 4.78 is 0. The van der Waals surface area contributed by atoms with E-state index in [1.54, 1.807) is 80.8 Å². The molecular weight excluding hydrogens is 723 g/mol. The number of carbonyl (C=O) groups excluding carboxylic acids is 6. The smallest absolute Gasteiger partial charge is 0.251 e. The van der Waals surface area contributed by atoms with Crippen LogP contribution in [0.25, 0.3) is 0 Å². The SMILES string of the molecule is CC(C)C[C@@H](NC(=O)[C@H](NC(=O)[C@@H](Cc1ccccc1)NC(=O)[C@@H](Cc1ccccc1)NC(=O)[C@@H](Cc1cccnc1)NC(=O)c1ccccc1)C(C)C)C(N)=O. The van der Waals surface area contributed by atoms with E-state index >= 15 is 0 Å². The second-order valence-corrected chi connectivity index (χ2v) is 14.8. The quantitative estimate of drug-likeness (QED) is 0.0792. The average molecular weight is 776 g/mol. The molecule has 0 unspecified atom stereocenters. The van der Waals surface area contributed by atoms with Gasteiger partial charge in [0.05, 0.1) is 0 Å². The predicted molar refractivity (Wildman–Crippen MR) is 217 cm³/mol. The predicted octanol–water partition coefficient (Wildman–Crippen LogP) is 3.03. The van der Waals surface area contributed by atoms with Crippen LogP contribution in [0.1, 0.15) is 61.2 Å². The lowest BCUT2D eigenvalue weighted by Gasteiger charge is -2.28. The normalized spacial score (nSPS) is 13.6. The summed E-state index contributed by atoms with van der Waals surface area (Å²) in [5.74, 6) is -4.00. The van der Waals surface area contributed by atoms with Gasteiger partial charge in [-0.15, -0.1) is 0 Å². The molecule has 0 aliphatic rings. The molecule has 0 aliphatic carbocycles. The Labute approximate surface area is 334 Å². The highest BCUT2D eigenvalue weighted by atomic mass is 16.2. The number of amides is 6. The van der Waals surface area contributed by atoms with Crippen molar-refractivity contribution in [2.75, 3.05) is 0 Å². The van der Waals surface area contributed by atoms with Crippen LogP contribution in [-0.4, -0.2) is 70.6 Å². The molecule has 13 heteroatoms. The molecule has 1 aromatic heterocycles. The number of aromatic nitrogens is 1. The Balaban J connectivity index is 1.62. The molecule has 0 saturated heterocycles. The molecular formula is C44H53N7O6. The van der Waals surface area contributed by atoms with E-state index in [0.717, 1.165) is 11.1 Å². The van der Waals surface area contributed by atoms with Crippen LogP contribution < -0.4 is 32.3 Å². The summed E-state index contributed by atoms with van der Waals surface area (Å²) in [6.07, 6.45) is 3.73. The molecule has 7 N–H and O–H groups in total. The van der Waals surface area contributed by atoms with Gasteiger partial charge in [0.1, 0.15) is 30.2 Å². The molecule has 0 aliphatic heterocycles. The van der Waals surface area contributed by atoms with E-state index < -0.39 is 71.6 Å². The maximum Gasteiger partial charge on any atom is 0.251 e. The van der Waals surface area contributed by atoms with Crippen molar-refractivity contribution in [1.29, 1.82) is 0 Å². The summed E-state index contributed by atoms with van der Waals surface area (Å²) in [6, 6.07) is 24.6. The Hall–Kier alpha value is -6.37. The third-order valence-corrected chi connectivity index (χ3v) is 9.27. The number of carbonyl (C=O) groups is 6. The molecule has 3 aromatic carbocycles. The first-order valence-electron chi connectivity index (χ1n) is 19.1. The van der Waals surface area contributed by atoms with Gasteiger partial charge in [-0.3, -0.25) is 33.8 Å². The zero-order valence-corrected chi connectivity index (χ0v) is 32.8. The highest BCUT2D eigenvalue weighted by Crippen LogP contribution is 2.12. The second kappa shape index (κ2) is 21.6. The maximum atomic E-state index is 14.4.